The molecule has 1 fully saturated rings. The van der Waals surface area contributed by atoms with Gasteiger partial charge in [0, 0.05) is 5.92 Å². The summed E-state index contributed by atoms with van der Waals surface area (Å²) in [5.41, 5.74) is 2.43. The van der Waals surface area contributed by atoms with Crippen molar-refractivity contribution >= 4 is 27.0 Å². The predicted molar refractivity (Wildman–Crippen MR) is 112 cm³/mol. The van der Waals surface area contributed by atoms with Gasteiger partial charge < -0.3 is 4.52 Å². The van der Waals surface area contributed by atoms with Crippen molar-refractivity contribution in [3.05, 3.63) is 71.9 Å². The minimum atomic E-state index is -3.74. The highest BCUT2D eigenvalue weighted by molar-refractivity contribution is 7.92. The number of nitrogens with one attached hydrogen (secondary N) is 1. The van der Waals surface area contributed by atoms with Crippen LogP contribution in [0, 0.1) is 0 Å². The number of hydrogen-bond donors (Lipinski definition) is 1. The van der Waals surface area contributed by atoms with Crippen LogP contribution in [-0.4, -0.2) is 18.6 Å². The van der Waals surface area contributed by atoms with E-state index in [4.69, 9.17) is 4.52 Å². The zero-order valence-electron chi connectivity index (χ0n) is 15.3. The van der Waals surface area contributed by atoms with Crippen molar-refractivity contribution in [3.63, 3.8) is 0 Å². The van der Waals surface area contributed by atoms with Crippen LogP contribution >= 0.6 is 11.3 Å². The van der Waals surface area contributed by atoms with Crippen LogP contribution < -0.4 is 4.72 Å². The molecule has 29 heavy (non-hydrogen) atoms. The van der Waals surface area contributed by atoms with Gasteiger partial charge in [0.05, 0.1) is 10.6 Å². The highest BCUT2D eigenvalue weighted by Crippen LogP contribution is 2.40. The molecule has 146 valence electrons. The van der Waals surface area contributed by atoms with Gasteiger partial charge in [-0.1, -0.05) is 47.6 Å². The number of hydrogen-bond acceptors (Lipinski definition) is 6. The normalized spacial score (nSPS) is 14.1. The zero-order valence-corrected chi connectivity index (χ0v) is 16.9. The molecule has 0 unspecified atom stereocenters. The summed E-state index contributed by atoms with van der Waals surface area (Å²) in [4.78, 5) is 5.23. The lowest BCUT2D eigenvalue weighted by Crippen LogP contribution is -2.12. The van der Waals surface area contributed by atoms with Crippen molar-refractivity contribution in [3.8, 4) is 21.9 Å². The van der Waals surface area contributed by atoms with Gasteiger partial charge in [0.15, 0.2) is 5.82 Å². The predicted octanol–water partition coefficient (Wildman–Crippen LogP) is 5.14. The average molecular weight is 424 g/mol. The third-order valence-corrected chi connectivity index (χ3v) is 7.04. The van der Waals surface area contributed by atoms with Gasteiger partial charge in [-0.25, -0.2) is 8.42 Å². The molecule has 4 aromatic rings. The van der Waals surface area contributed by atoms with Gasteiger partial charge in [-0.05, 0) is 47.5 Å². The number of benzene rings is 2. The van der Waals surface area contributed by atoms with E-state index in [1.807, 2.05) is 30.3 Å². The lowest BCUT2D eigenvalue weighted by atomic mass is 10.1. The third-order valence-electron chi connectivity index (χ3n) is 4.76. The first-order valence-corrected chi connectivity index (χ1v) is 11.6. The van der Waals surface area contributed by atoms with Crippen molar-refractivity contribution in [1.82, 2.24) is 10.1 Å². The third kappa shape index (κ3) is 3.68. The molecule has 0 radical (unpaired) electrons. The van der Waals surface area contributed by atoms with Crippen molar-refractivity contribution in [2.75, 3.05) is 4.72 Å². The quantitative estimate of drug-likeness (QED) is 0.464. The van der Waals surface area contributed by atoms with Crippen LogP contribution in [0.5, 0.6) is 0 Å². The zero-order chi connectivity index (χ0) is 19.8. The van der Waals surface area contributed by atoms with Crippen LogP contribution in [0.2, 0.25) is 0 Å². The van der Waals surface area contributed by atoms with Crippen LogP contribution in [0.25, 0.3) is 21.9 Å². The number of sulfonamides is 1. The van der Waals surface area contributed by atoms with E-state index in [2.05, 4.69) is 14.9 Å². The van der Waals surface area contributed by atoms with Gasteiger partial charge in [0.1, 0.15) is 4.88 Å². The highest BCUT2D eigenvalue weighted by Gasteiger charge is 2.30. The number of rotatable bonds is 6. The van der Waals surface area contributed by atoms with Gasteiger partial charge in [0.25, 0.3) is 15.9 Å². The first-order chi connectivity index (χ1) is 14.1. The minimum Gasteiger partial charge on any atom is -0.333 e. The molecule has 0 atom stereocenters. The molecule has 1 saturated carbocycles. The molecule has 0 aliphatic heterocycles. The van der Waals surface area contributed by atoms with Crippen LogP contribution in [-0.2, 0) is 10.0 Å². The van der Waals surface area contributed by atoms with Gasteiger partial charge in [-0.2, -0.15) is 4.98 Å². The van der Waals surface area contributed by atoms with Crippen LogP contribution in [0.4, 0.5) is 5.69 Å². The van der Waals surface area contributed by atoms with Crippen molar-refractivity contribution in [1.29, 1.82) is 0 Å². The fraction of sp³-hybridized carbons (Fsp3) is 0.143. The molecule has 0 spiro atoms. The van der Waals surface area contributed by atoms with Crippen LogP contribution in [0.3, 0.4) is 0 Å². The standard InChI is InChI=1S/C21H17N3O3S2/c25-29(26,17-10-8-15(9-11-17)14-4-2-1-3-5-14)24-18-12-13-28-19(18)21-22-20(23-27-21)16-6-7-16/h1-5,8-13,16,24H,6-7H2. The largest absolute Gasteiger partial charge is 0.333 e. The minimum absolute atomic E-state index is 0.193. The Hall–Kier alpha value is -2.97. The van der Waals surface area contributed by atoms with Gasteiger partial charge >= 0.3 is 0 Å². The Bertz CT molecular complexity index is 1240. The second-order valence-electron chi connectivity index (χ2n) is 6.89. The molecule has 0 amide bonds. The molecule has 8 heteroatoms. The topological polar surface area (TPSA) is 85.1 Å². The monoisotopic (exact) mass is 423 g/mol. The second kappa shape index (κ2) is 7.13. The summed E-state index contributed by atoms with van der Waals surface area (Å²) in [7, 11) is -3.74. The smallest absolute Gasteiger partial charge is 0.270 e. The molecule has 0 bridgehead atoms. The first kappa shape index (κ1) is 18.1. The molecule has 2 aromatic carbocycles. The fourth-order valence-electron chi connectivity index (χ4n) is 3.05. The van der Waals surface area contributed by atoms with Crippen LogP contribution in [0.1, 0.15) is 24.6 Å². The molecule has 1 aliphatic rings. The molecule has 2 heterocycles. The number of thiophene rings is 1. The molecule has 1 N–H and O–H groups in total. The maximum absolute atomic E-state index is 12.9. The van der Waals surface area contributed by atoms with Crippen molar-refractivity contribution in [2.45, 2.75) is 23.7 Å². The van der Waals surface area contributed by atoms with E-state index in [1.165, 1.54) is 11.3 Å². The summed E-state index contributed by atoms with van der Waals surface area (Å²) in [6.45, 7) is 0. The maximum Gasteiger partial charge on any atom is 0.270 e. The molecule has 5 rings (SSSR count). The van der Waals surface area contributed by atoms with E-state index in [0.29, 0.717) is 28.2 Å². The SMILES string of the molecule is O=S(=O)(Nc1ccsc1-c1nc(C2CC2)no1)c1ccc(-c2ccccc2)cc1. The number of nitrogens with zero attached hydrogens (tertiary/aromatic N) is 2. The van der Waals surface area contributed by atoms with E-state index in [0.717, 1.165) is 24.0 Å². The van der Waals surface area contributed by atoms with E-state index in [1.54, 1.807) is 35.7 Å². The number of aromatic nitrogens is 2. The molecule has 1 aliphatic carbocycles. The van der Waals surface area contributed by atoms with E-state index in [9.17, 15) is 8.42 Å². The Labute approximate surface area is 172 Å². The summed E-state index contributed by atoms with van der Waals surface area (Å²) in [5.74, 6) is 1.41. The lowest BCUT2D eigenvalue weighted by molar-refractivity contribution is 0.423. The van der Waals surface area contributed by atoms with E-state index >= 15 is 0 Å². The second-order valence-corrected chi connectivity index (χ2v) is 9.49. The Balaban J connectivity index is 1.39. The van der Waals surface area contributed by atoms with E-state index < -0.39 is 10.0 Å². The molecule has 0 saturated heterocycles. The molecule has 6 nitrogen and oxygen atoms in total. The summed E-state index contributed by atoms with van der Waals surface area (Å²) < 4.78 is 33.8. The molecule has 2 aromatic heterocycles. The summed E-state index contributed by atoms with van der Waals surface area (Å²) in [6, 6.07) is 18.3. The van der Waals surface area contributed by atoms with Crippen LogP contribution in [0.15, 0.2) is 75.5 Å². The maximum atomic E-state index is 12.9. The molecular formula is C21H17N3O3S2. The number of anilines is 1. The Morgan fingerprint density at radius 2 is 1.69 bits per heavy atom. The molecular weight excluding hydrogens is 406 g/mol. The Morgan fingerprint density at radius 3 is 2.41 bits per heavy atom. The van der Waals surface area contributed by atoms with Gasteiger partial charge in [0.2, 0.25) is 0 Å². The van der Waals surface area contributed by atoms with Crippen molar-refractivity contribution < 1.29 is 12.9 Å². The summed E-state index contributed by atoms with van der Waals surface area (Å²) in [6.07, 6.45) is 2.14. The Kier molecular flexibility index (Phi) is 4.44. The fourth-order valence-corrected chi connectivity index (χ4v) is 4.96. The highest BCUT2D eigenvalue weighted by atomic mass is 32.2. The van der Waals surface area contributed by atoms with Crippen molar-refractivity contribution in [2.24, 2.45) is 0 Å². The van der Waals surface area contributed by atoms with Gasteiger partial charge in [-0.15, -0.1) is 11.3 Å². The van der Waals surface area contributed by atoms with Gasteiger partial charge in [-0.3, -0.25) is 4.72 Å². The Morgan fingerprint density at radius 1 is 0.966 bits per heavy atom. The lowest BCUT2D eigenvalue weighted by Gasteiger charge is -2.09. The summed E-state index contributed by atoms with van der Waals surface area (Å²) >= 11 is 1.36. The average Bonchev–Trinajstić information content (AvgIpc) is 3.30. The first-order valence-electron chi connectivity index (χ1n) is 9.20. The van der Waals surface area contributed by atoms with E-state index in [-0.39, 0.29) is 4.90 Å². The summed E-state index contributed by atoms with van der Waals surface area (Å²) in [5, 5.41) is 5.81.